The summed E-state index contributed by atoms with van der Waals surface area (Å²) in [5, 5.41) is 0. The lowest BCUT2D eigenvalue weighted by atomic mass is 9.82. The molecule has 2 aliphatic carbocycles. The molecular formula is C15H18O3S. The lowest BCUT2D eigenvalue weighted by Crippen LogP contribution is -2.12. The van der Waals surface area contributed by atoms with E-state index in [1.54, 1.807) is 13.0 Å². The second-order valence-corrected chi connectivity index (χ2v) is 7.17. The third kappa shape index (κ3) is 2.03. The maximum atomic E-state index is 11.4. The molecule has 2 aliphatic rings. The van der Waals surface area contributed by atoms with Crippen molar-refractivity contribution in [2.24, 2.45) is 11.8 Å². The van der Waals surface area contributed by atoms with Crippen molar-refractivity contribution in [3.63, 3.8) is 0 Å². The van der Waals surface area contributed by atoms with Crippen molar-refractivity contribution in [2.45, 2.75) is 37.5 Å². The van der Waals surface area contributed by atoms with Crippen LogP contribution in [0.15, 0.2) is 29.2 Å². The van der Waals surface area contributed by atoms with Crippen LogP contribution in [0.2, 0.25) is 0 Å². The first-order chi connectivity index (χ1) is 8.88. The molecule has 0 aromatic heterocycles. The Morgan fingerprint density at radius 3 is 2.42 bits per heavy atom. The zero-order chi connectivity index (χ0) is 13.8. The highest BCUT2D eigenvalue weighted by atomic mass is 32.2. The van der Waals surface area contributed by atoms with Crippen LogP contribution in [0.4, 0.5) is 0 Å². The number of hydrogen-bond donors (Lipinski definition) is 1. The normalized spacial score (nSPS) is 29.1. The Labute approximate surface area is 114 Å². The molecule has 3 unspecified atom stereocenters. The molecular weight excluding hydrogens is 260 g/mol. The SMILES string of the molecule is Cc1ccc(S(=O)(=O)O)c(C)c1C1CC2C=CC1C2. The van der Waals surface area contributed by atoms with E-state index in [1.807, 2.05) is 6.92 Å². The first kappa shape index (κ1) is 12.9. The summed E-state index contributed by atoms with van der Waals surface area (Å²) in [7, 11) is -4.13. The summed E-state index contributed by atoms with van der Waals surface area (Å²) in [5.74, 6) is 1.57. The average Bonchev–Trinajstić information content (AvgIpc) is 2.89. The summed E-state index contributed by atoms with van der Waals surface area (Å²) >= 11 is 0. The van der Waals surface area contributed by atoms with E-state index < -0.39 is 10.1 Å². The first-order valence-electron chi connectivity index (χ1n) is 6.64. The van der Waals surface area contributed by atoms with Crippen molar-refractivity contribution in [3.05, 3.63) is 41.0 Å². The van der Waals surface area contributed by atoms with Gasteiger partial charge in [0.05, 0.1) is 4.90 Å². The van der Waals surface area contributed by atoms with Gasteiger partial charge in [0.15, 0.2) is 0 Å². The van der Waals surface area contributed by atoms with E-state index in [9.17, 15) is 13.0 Å². The second-order valence-electron chi connectivity index (χ2n) is 5.78. The van der Waals surface area contributed by atoms with Gasteiger partial charge in [-0.25, -0.2) is 0 Å². The van der Waals surface area contributed by atoms with Gasteiger partial charge in [-0.05, 0) is 67.2 Å². The maximum Gasteiger partial charge on any atom is 0.294 e. The molecule has 0 heterocycles. The summed E-state index contributed by atoms with van der Waals surface area (Å²) in [6.45, 7) is 3.83. The molecule has 0 radical (unpaired) electrons. The lowest BCUT2D eigenvalue weighted by molar-refractivity contribution is 0.481. The number of hydrogen-bond acceptors (Lipinski definition) is 2. The lowest BCUT2D eigenvalue weighted by Gasteiger charge is -2.24. The van der Waals surface area contributed by atoms with E-state index in [0.29, 0.717) is 23.3 Å². The molecule has 3 nitrogen and oxygen atoms in total. The molecule has 0 saturated heterocycles. The molecule has 1 N–H and O–H groups in total. The van der Waals surface area contributed by atoms with Crippen LogP contribution in [0.3, 0.4) is 0 Å². The van der Waals surface area contributed by atoms with Crippen LogP contribution in [-0.4, -0.2) is 13.0 Å². The Balaban J connectivity index is 2.14. The fourth-order valence-corrected chi connectivity index (χ4v) is 4.54. The Morgan fingerprint density at radius 2 is 1.89 bits per heavy atom. The Kier molecular flexibility index (Phi) is 2.84. The Hall–Kier alpha value is -1.13. The summed E-state index contributed by atoms with van der Waals surface area (Å²) in [4.78, 5) is 0.0554. The molecule has 1 aromatic carbocycles. The first-order valence-corrected chi connectivity index (χ1v) is 8.08. The zero-order valence-electron chi connectivity index (χ0n) is 11.1. The topological polar surface area (TPSA) is 54.4 Å². The summed E-state index contributed by atoms with van der Waals surface area (Å²) in [6.07, 6.45) is 6.81. The van der Waals surface area contributed by atoms with E-state index in [4.69, 9.17) is 0 Å². The van der Waals surface area contributed by atoms with Crippen LogP contribution in [0.25, 0.3) is 0 Å². The van der Waals surface area contributed by atoms with Crippen molar-refractivity contribution < 1.29 is 13.0 Å². The molecule has 0 spiro atoms. The van der Waals surface area contributed by atoms with Crippen LogP contribution >= 0.6 is 0 Å². The van der Waals surface area contributed by atoms with Gasteiger partial charge in [-0.2, -0.15) is 8.42 Å². The molecule has 0 amide bonds. The van der Waals surface area contributed by atoms with Gasteiger partial charge in [0, 0.05) is 0 Å². The number of allylic oxidation sites excluding steroid dienone is 2. The average molecular weight is 278 g/mol. The Morgan fingerprint density at radius 1 is 1.16 bits per heavy atom. The molecule has 0 aliphatic heterocycles. The van der Waals surface area contributed by atoms with E-state index >= 15 is 0 Å². The fraction of sp³-hybridized carbons (Fsp3) is 0.467. The fourth-order valence-electron chi connectivity index (χ4n) is 3.81. The Bertz CT molecular complexity index is 658. The summed E-state index contributed by atoms with van der Waals surface area (Å²) < 4.78 is 32.2. The minimum Gasteiger partial charge on any atom is -0.282 e. The highest BCUT2D eigenvalue weighted by Gasteiger charge is 2.38. The second kappa shape index (κ2) is 4.18. The van der Waals surface area contributed by atoms with Crippen LogP contribution in [0, 0.1) is 25.7 Å². The predicted molar refractivity (Wildman–Crippen MR) is 73.8 cm³/mol. The maximum absolute atomic E-state index is 11.4. The quantitative estimate of drug-likeness (QED) is 0.667. The molecule has 2 bridgehead atoms. The van der Waals surface area contributed by atoms with E-state index in [1.165, 1.54) is 12.5 Å². The molecule has 1 aromatic rings. The third-order valence-corrected chi connectivity index (χ3v) is 5.61. The molecule has 1 saturated carbocycles. The number of benzene rings is 1. The molecule has 1 fully saturated rings. The van der Waals surface area contributed by atoms with Gasteiger partial charge in [0.2, 0.25) is 0 Å². The molecule has 3 atom stereocenters. The molecule has 19 heavy (non-hydrogen) atoms. The van der Waals surface area contributed by atoms with Crippen molar-refractivity contribution in [3.8, 4) is 0 Å². The van der Waals surface area contributed by atoms with Gasteiger partial charge in [0.25, 0.3) is 10.1 Å². The van der Waals surface area contributed by atoms with Crippen molar-refractivity contribution in [1.82, 2.24) is 0 Å². The highest BCUT2D eigenvalue weighted by Crippen LogP contribution is 2.50. The standard InChI is InChI=1S/C15H18O3S/c1-9-3-6-14(19(16,17)18)10(2)15(9)13-8-11-4-5-12(13)7-11/h3-6,11-13H,7-8H2,1-2H3,(H,16,17,18). The van der Waals surface area contributed by atoms with Crippen molar-refractivity contribution in [1.29, 1.82) is 0 Å². The van der Waals surface area contributed by atoms with Crippen LogP contribution in [-0.2, 0) is 10.1 Å². The molecule has 3 rings (SSSR count). The van der Waals surface area contributed by atoms with E-state index in [-0.39, 0.29) is 4.90 Å². The number of fused-ring (bicyclic) bond motifs is 2. The smallest absolute Gasteiger partial charge is 0.282 e. The van der Waals surface area contributed by atoms with Crippen LogP contribution in [0.5, 0.6) is 0 Å². The minimum absolute atomic E-state index is 0.0554. The van der Waals surface area contributed by atoms with Crippen LogP contribution in [0.1, 0.15) is 35.4 Å². The summed E-state index contributed by atoms with van der Waals surface area (Å²) in [5.41, 5.74) is 2.95. The summed E-state index contributed by atoms with van der Waals surface area (Å²) in [6, 6.07) is 3.31. The van der Waals surface area contributed by atoms with Crippen LogP contribution < -0.4 is 0 Å². The van der Waals surface area contributed by atoms with Gasteiger partial charge >= 0.3 is 0 Å². The van der Waals surface area contributed by atoms with Crippen molar-refractivity contribution >= 4 is 10.1 Å². The van der Waals surface area contributed by atoms with Gasteiger partial charge in [0.1, 0.15) is 0 Å². The predicted octanol–water partition coefficient (Wildman–Crippen LogP) is 3.23. The highest BCUT2D eigenvalue weighted by molar-refractivity contribution is 7.85. The van der Waals surface area contributed by atoms with Gasteiger partial charge in [-0.1, -0.05) is 18.2 Å². The largest absolute Gasteiger partial charge is 0.294 e. The monoisotopic (exact) mass is 278 g/mol. The van der Waals surface area contributed by atoms with E-state index in [2.05, 4.69) is 12.2 Å². The molecule has 4 heteroatoms. The van der Waals surface area contributed by atoms with Gasteiger partial charge in [-0.15, -0.1) is 0 Å². The number of aryl methyl sites for hydroxylation is 1. The van der Waals surface area contributed by atoms with Crippen molar-refractivity contribution in [2.75, 3.05) is 0 Å². The molecule has 102 valence electrons. The number of rotatable bonds is 2. The van der Waals surface area contributed by atoms with Gasteiger partial charge in [-0.3, -0.25) is 4.55 Å². The minimum atomic E-state index is -4.13. The van der Waals surface area contributed by atoms with Gasteiger partial charge < -0.3 is 0 Å². The third-order valence-electron chi connectivity index (χ3n) is 4.61. The zero-order valence-corrected chi connectivity index (χ0v) is 11.9. The van der Waals surface area contributed by atoms with E-state index in [0.717, 1.165) is 17.5 Å².